The van der Waals surface area contributed by atoms with Gasteiger partial charge in [-0.3, -0.25) is 0 Å². The van der Waals surface area contributed by atoms with Gasteiger partial charge >= 0.3 is 0 Å². The van der Waals surface area contributed by atoms with E-state index in [1.165, 1.54) is 38.8 Å². The van der Waals surface area contributed by atoms with Gasteiger partial charge in [0.25, 0.3) is 0 Å². The molecule has 1 N–H and O–H groups in total. The average Bonchev–Trinajstić information content (AvgIpc) is 2.60. The molecule has 0 aromatic heterocycles. The number of fused-ring (bicyclic) bond motifs is 3. The molecule has 2 nitrogen and oxygen atoms in total. The van der Waals surface area contributed by atoms with Gasteiger partial charge in [-0.2, -0.15) is 0 Å². The first-order valence-electron chi connectivity index (χ1n) is 6.32. The fourth-order valence-electron chi connectivity index (χ4n) is 3.76. The first-order valence-corrected chi connectivity index (χ1v) is 7.24. The van der Waals surface area contributed by atoms with Crippen molar-refractivity contribution in [2.24, 2.45) is 17.8 Å². The van der Waals surface area contributed by atoms with Crippen LogP contribution in [-0.4, -0.2) is 30.6 Å². The number of hydrogen-bond acceptors (Lipinski definition) is 2. The van der Waals surface area contributed by atoms with Crippen LogP contribution in [0.5, 0.6) is 0 Å². The highest BCUT2D eigenvalue weighted by atomic mass is 79.9. The van der Waals surface area contributed by atoms with E-state index in [9.17, 15) is 0 Å². The highest BCUT2D eigenvalue weighted by Gasteiger charge is 2.44. The lowest BCUT2D eigenvalue weighted by Gasteiger charge is -2.38. The summed E-state index contributed by atoms with van der Waals surface area (Å²) in [5, 5.41) is 3.57. The molecule has 5 atom stereocenters. The lowest BCUT2D eigenvalue weighted by molar-refractivity contribution is -0.00594. The topological polar surface area (TPSA) is 21.3 Å². The molecule has 1 saturated carbocycles. The van der Waals surface area contributed by atoms with Crippen LogP contribution < -0.4 is 5.32 Å². The van der Waals surface area contributed by atoms with E-state index in [-0.39, 0.29) is 0 Å². The maximum absolute atomic E-state index is 6.06. The largest absolute Gasteiger partial charge is 0.378 e. The molecule has 3 fully saturated rings. The van der Waals surface area contributed by atoms with Gasteiger partial charge in [-0.15, -0.1) is 0 Å². The Morgan fingerprint density at radius 3 is 3.00 bits per heavy atom. The van der Waals surface area contributed by atoms with Crippen LogP contribution in [0.15, 0.2) is 0 Å². The Balaban J connectivity index is 1.83. The van der Waals surface area contributed by atoms with Crippen molar-refractivity contribution in [3.05, 3.63) is 0 Å². The van der Waals surface area contributed by atoms with Crippen LogP contribution >= 0.6 is 15.9 Å². The van der Waals surface area contributed by atoms with Gasteiger partial charge in [0.2, 0.25) is 0 Å². The standard InChI is InChI=1S/C12H20BrNO/c13-10-2-1-3-11-12(10)9-7-14-6-8(9)4-5-15-11/h8-12,14H,1-7H2. The maximum atomic E-state index is 6.06. The molecule has 15 heavy (non-hydrogen) atoms. The first kappa shape index (κ1) is 10.5. The van der Waals surface area contributed by atoms with Crippen LogP contribution in [0.1, 0.15) is 25.7 Å². The Morgan fingerprint density at radius 2 is 2.07 bits per heavy atom. The quantitative estimate of drug-likeness (QED) is 0.684. The fourth-order valence-corrected chi connectivity index (χ4v) is 4.82. The van der Waals surface area contributed by atoms with Gasteiger partial charge in [-0.05, 0) is 50.6 Å². The van der Waals surface area contributed by atoms with Crippen molar-refractivity contribution >= 4 is 15.9 Å². The average molecular weight is 274 g/mol. The Bertz CT molecular complexity index is 236. The predicted octanol–water partition coefficient (Wildman–Crippen LogP) is 2.17. The van der Waals surface area contributed by atoms with E-state index in [1.54, 1.807) is 0 Å². The maximum Gasteiger partial charge on any atom is 0.0617 e. The molecule has 0 aromatic rings. The summed E-state index contributed by atoms with van der Waals surface area (Å²) in [5.74, 6) is 2.50. The second kappa shape index (κ2) is 4.34. The molecule has 5 unspecified atom stereocenters. The predicted molar refractivity (Wildman–Crippen MR) is 64.3 cm³/mol. The van der Waals surface area contributed by atoms with E-state index >= 15 is 0 Å². The summed E-state index contributed by atoms with van der Waals surface area (Å²) in [6, 6.07) is 0. The fraction of sp³-hybridized carbons (Fsp3) is 1.00. The molecule has 0 aromatic carbocycles. The second-order valence-electron chi connectivity index (χ2n) is 5.30. The van der Waals surface area contributed by atoms with Crippen molar-refractivity contribution in [2.45, 2.75) is 36.6 Å². The van der Waals surface area contributed by atoms with Crippen LogP contribution in [0.3, 0.4) is 0 Å². The summed E-state index contributed by atoms with van der Waals surface area (Å²) in [6.45, 7) is 3.43. The zero-order valence-electron chi connectivity index (χ0n) is 9.12. The molecule has 3 heteroatoms. The molecular formula is C12H20BrNO. The third-order valence-electron chi connectivity index (χ3n) is 4.52. The van der Waals surface area contributed by atoms with E-state index in [0.717, 1.165) is 24.4 Å². The summed E-state index contributed by atoms with van der Waals surface area (Å²) < 4.78 is 6.06. The zero-order chi connectivity index (χ0) is 10.3. The van der Waals surface area contributed by atoms with Crippen LogP contribution in [0.4, 0.5) is 0 Å². The van der Waals surface area contributed by atoms with Crippen LogP contribution in [0.2, 0.25) is 0 Å². The molecule has 1 aliphatic carbocycles. The van der Waals surface area contributed by atoms with Gasteiger partial charge in [-0.25, -0.2) is 0 Å². The van der Waals surface area contributed by atoms with Gasteiger partial charge in [0.05, 0.1) is 6.10 Å². The van der Waals surface area contributed by atoms with Gasteiger partial charge in [0.1, 0.15) is 0 Å². The second-order valence-corrected chi connectivity index (χ2v) is 6.48. The minimum absolute atomic E-state index is 0.540. The van der Waals surface area contributed by atoms with Gasteiger partial charge in [0, 0.05) is 17.4 Å². The molecule has 3 aliphatic rings. The van der Waals surface area contributed by atoms with E-state index in [4.69, 9.17) is 4.74 Å². The Hall–Kier alpha value is 0.400. The van der Waals surface area contributed by atoms with Crippen molar-refractivity contribution in [2.75, 3.05) is 19.7 Å². The van der Waals surface area contributed by atoms with Crippen molar-refractivity contribution in [3.63, 3.8) is 0 Å². The van der Waals surface area contributed by atoms with E-state index in [1.807, 2.05) is 0 Å². The normalized spacial score (nSPS) is 50.6. The monoisotopic (exact) mass is 273 g/mol. The number of ether oxygens (including phenoxy) is 1. The summed E-state index contributed by atoms with van der Waals surface area (Å²) in [5.41, 5.74) is 0. The molecular weight excluding hydrogens is 254 g/mol. The van der Waals surface area contributed by atoms with Crippen LogP contribution in [0.25, 0.3) is 0 Å². The molecule has 3 rings (SSSR count). The summed E-state index contributed by atoms with van der Waals surface area (Å²) >= 11 is 3.89. The summed E-state index contributed by atoms with van der Waals surface area (Å²) in [6.07, 6.45) is 5.77. The van der Waals surface area contributed by atoms with Crippen molar-refractivity contribution in [1.82, 2.24) is 5.32 Å². The number of nitrogens with one attached hydrogen (secondary N) is 1. The molecule has 2 aliphatic heterocycles. The number of rotatable bonds is 0. The first-order chi connectivity index (χ1) is 7.36. The highest BCUT2D eigenvalue weighted by molar-refractivity contribution is 9.09. The SMILES string of the molecule is BrC1CCCC2OCCC3CNCC3C12. The van der Waals surface area contributed by atoms with Crippen molar-refractivity contribution in [1.29, 1.82) is 0 Å². The molecule has 0 bridgehead atoms. The molecule has 0 spiro atoms. The van der Waals surface area contributed by atoms with Crippen LogP contribution in [-0.2, 0) is 4.74 Å². The Morgan fingerprint density at radius 1 is 1.13 bits per heavy atom. The molecule has 2 saturated heterocycles. The molecule has 86 valence electrons. The van der Waals surface area contributed by atoms with E-state index in [0.29, 0.717) is 10.9 Å². The molecule has 0 radical (unpaired) electrons. The van der Waals surface area contributed by atoms with Gasteiger partial charge < -0.3 is 10.1 Å². The number of halogens is 1. The highest BCUT2D eigenvalue weighted by Crippen LogP contribution is 2.43. The zero-order valence-corrected chi connectivity index (χ0v) is 10.7. The van der Waals surface area contributed by atoms with Crippen LogP contribution in [0, 0.1) is 17.8 Å². The van der Waals surface area contributed by atoms with Crippen molar-refractivity contribution < 1.29 is 4.74 Å². The third kappa shape index (κ3) is 1.87. The lowest BCUT2D eigenvalue weighted by Crippen LogP contribution is -2.40. The van der Waals surface area contributed by atoms with Gasteiger partial charge in [0.15, 0.2) is 0 Å². The number of hydrogen-bond donors (Lipinski definition) is 1. The number of alkyl halides is 1. The minimum Gasteiger partial charge on any atom is -0.378 e. The molecule has 2 heterocycles. The van der Waals surface area contributed by atoms with Gasteiger partial charge in [-0.1, -0.05) is 15.9 Å². The minimum atomic E-state index is 0.540. The Labute approximate surface area is 100 Å². The Kier molecular flexibility index (Phi) is 3.05. The third-order valence-corrected chi connectivity index (χ3v) is 5.59. The smallest absolute Gasteiger partial charge is 0.0617 e. The summed E-state index contributed by atoms with van der Waals surface area (Å²) in [4.78, 5) is 0.696. The van der Waals surface area contributed by atoms with Crippen molar-refractivity contribution in [3.8, 4) is 0 Å². The van der Waals surface area contributed by atoms with E-state index in [2.05, 4.69) is 21.2 Å². The van der Waals surface area contributed by atoms with E-state index < -0.39 is 0 Å². The molecule has 0 amide bonds. The lowest BCUT2D eigenvalue weighted by atomic mass is 9.74. The summed E-state index contributed by atoms with van der Waals surface area (Å²) in [7, 11) is 0.